The van der Waals surface area contributed by atoms with Crippen molar-refractivity contribution < 1.29 is 14.3 Å². The first-order valence-corrected chi connectivity index (χ1v) is 9.27. The Hall–Kier alpha value is -0.650. The van der Waals surface area contributed by atoms with Crippen LogP contribution < -0.4 is 0 Å². The van der Waals surface area contributed by atoms with E-state index in [2.05, 4.69) is 19.1 Å². The molecule has 0 heterocycles. The van der Waals surface area contributed by atoms with Gasteiger partial charge in [-0.2, -0.15) is 23.5 Å². The van der Waals surface area contributed by atoms with Gasteiger partial charge in [0.1, 0.15) is 6.61 Å². The first-order valence-electron chi connectivity index (χ1n) is 6.96. The molecule has 0 unspecified atom stereocenters. The van der Waals surface area contributed by atoms with E-state index >= 15 is 0 Å². The summed E-state index contributed by atoms with van der Waals surface area (Å²) in [6, 6.07) is 11.3. The second kappa shape index (κ2) is 13.0. The van der Waals surface area contributed by atoms with Crippen LogP contribution in [0, 0.1) is 13.0 Å². The maximum Gasteiger partial charge on any atom is 0.305 e. The molecule has 5 heteroatoms. The lowest BCUT2D eigenvalue weighted by Crippen LogP contribution is -2.07. The highest BCUT2D eigenvalue weighted by Gasteiger charge is 1.98. The minimum atomic E-state index is -0.237. The van der Waals surface area contributed by atoms with Gasteiger partial charge in [-0.3, -0.25) is 4.79 Å². The van der Waals surface area contributed by atoms with Gasteiger partial charge in [0.2, 0.25) is 0 Å². The summed E-state index contributed by atoms with van der Waals surface area (Å²) in [4.78, 5) is 10.8. The van der Waals surface area contributed by atoms with Gasteiger partial charge >= 0.3 is 5.97 Å². The van der Waals surface area contributed by atoms with Crippen LogP contribution in [0.5, 0.6) is 0 Å². The number of carbonyl (C=O) groups is 1. The summed E-state index contributed by atoms with van der Waals surface area (Å²) >= 11 is 3.59. The summed E-state index contributed by atoms with van der Waals surface area (Å²) in [7, 11) is 0. The van der Waals surface area contributed by atoms with Gasteiger partial charge in [-0.05, 0) is 18.6 Å². The van der Waals surface area contributed by atoms with Gasteiger partial charge in [0, 0.05) is 29.4 Å². The summed E-state index contributed by atoms with van der Waals surface area (Å²) in [5, 5.41) is 0. The van der Waals surface area contributed by atoms with Crippen molar-refractivity contribution in [1.29, 1.82) is 0 Å². The Morgan fingerprint density at radius 1 is 1.14 bits per heavy atom. The lowest BCUT2D eigenvalue weighted by atomic mass is 10.2. The monoisotopic (exact) mass is 326 g/mol. The quantitative estimate of drug-likeness (QED) is 0.435. The molecule has 21 heavy (non-hydrogen) atoms. The van der Waals surface area contributed by atoms with Crippen molar-refractivity contribution in [3.05, 3.63) is 42.8 Å². The Morgan fingerprint density at radius 3 is 2.62 bits per heavy atom. The molecule has 0 saturated carbocycles. The molecular formula is C16H22O3S2. The Balaban J connectivity index is 1.80. The van der Waals surface area contributed by atoms with Gasteiger partial charge in [-0.15, -0.1) is 0 Å². The second-order valence-electron chi connectivity index (χ2n) is 4.14. The molecule has 0 fully saturated rings. The molecular weight excluding hydrogens is 304 g/mol. The molecule has 0 atom stereocenters. The number of carbonyl (C=O) groups excluding carboxylic acids is 1. The van der Waals surface area contributed by atoms with E-state index in [9.17, 15) is 4.79 Å². The van der Waals surface area contributed by atoms with E-state index in [4.69, 9.17) is 9.47 Å². The minimum absolute atomic E-state index is 0.201. The van der Waals surface area contributed by atoms with Gasteiger partial charge in [-0.1, -0.05) is 24.3 Å². The van der Waals surface area contributed by atoms with E-state index in [0.29, 0.717) is 6.61 Å². The van der Waals surface area contributed by atoms with Gasteiger partial charge < -0.3 is 9.47 Å². The number of thioether (sulfide) groups is 2. The Morgan fingerprint density at radius 2 is 1.90 bits per heavy atom. The van der Waals surface area contributed by atoms with Gasteiger partial charge in [0.25, 0.3) is 0 Å². The maximum absolute atomic E-state index is 10.8. The molecule has 0 aliphatic rings. The van der Waals surface area contributed by atoms with Crippen LogP contribution in [0.3, 0.4) is 0 Å². The minimum Gasteiger partial charge on any atom is -0.465 e. The second-order valence-corrected chi connectivity index (χ2v) is 6.47. The van der Waals surface area contributed by atoms with Crippen LogP contribution in [0.1, 0.15) is 12.0 Å². The molecule has 1 aromatic carbocycles. The van der Waals surface area contributed by atoms with Crippen molar-refractivity contribution in [2.24, 2.45) is 0 Å². The third kappa shape index (κ3) is 10.7. The smallest absolute Gasteiger partial charge is 0.305 e. The summed E-state index contributed by atoms with van der Waals surface area (Å²) < 4.78 is 10.5. The van der Waals surface area contributed by atoms with Gasteiger partial charge in [-0.25, -0.2) is 0 Å². The molecule has 0 bridgehead atoms. The SMILES string of the molecule is [CH2]CC(=O)OCCSCCOCCSCc1[c]cccc1. The summed E-state index contributed by atoms with van der Waals surface area (Å²) in [5.41, 5.74) is 1.23. The third-order valence-corrected chi connectivity index (χ3v) is 4.35. The number of hydrogen-bond acceptors (Lipinski definition) is 5. The predicted molar refractivity (Wildman–Crippen MR) is 90.5 cm³/mol. The van der Waals surface area contributed by atoms with Crippen LogP contribution in [0.4, 0.5) is 0 Å². The van der Waals surface area contributed by atoms with E-state index in [0.717, 1.165) is 36.2 Å². The fourth-order valence-electron chi connectivity index (χ4n) is 1.43. The topological polar surface area (TPSA) is 35.5 Å². The van der Waals surface area contributed by atoms with Gasteiger partial charge in [0.05, 0.1) is 13.2 Å². The average molecular weight is 326 g/mol. The van der Waals surface area contributed by atoms with Crippen molar-refractivity contribution in [3.8, 4) is 0 Å². The highest BCUT2D eigenvalue weighted by Crippen LogP contribution is 2.10. The van der Waals surface area contributed by atoms with E-state index in [-0.39, 0.29) is 12.4 Å². The van der Waals surface area contributed by atoms with Crippen molar-refractivity contribution >= 4 is 29.5 Å². The molecule has 0 N–H and O–H groups in total. The molecule has 0 spiro atoms. The molecule has 1 aromatic rings. The maximum atomic E-state index is 10.8. The fraction of sp³-hybridized carbons (Fsp3) is 0.500. The van der Waals surface area contributed by atoms with Crippen molar-refractivity contribution in [1.82, 2.24) is 0 Å². The van der Waals surface area contributed by atoms with E-state index in [1.54, 1.807) is 11.8 Å². The first kappa shape index (κ1) is 18.4. The molecule has 0 aliphatic carbocycles. The molecule has 3 nitrogen and oxygen atoms in total. The van der Waals surface area contributed by atoms with E-state index in [1.165, 1.54) is 5.56 Å². The van der Waals surface area contributed by atoms with Crippen LogP contribution in [-0.2, 0) is 20.0 Å². The summed E-state index contributed by atoms with van der Waals surface area (Å²) in [5.74, 6) is 3.48. The number of rotatable bonds is 12. The molecule has 0 amide bonds. The summed E-state index contributed by atoms with van der Waals surface area (Å²) in [6.07, 6.45) is 0.201. The fourth-order valence-corrected chi connectivity index (χ4v) is 2.85. The number of esters is 1. The van der Waals surface area contributed by atoms with Crippen molar-refractivity contribution in [2.45, 2.75) is 12.2 Å². The number of benzene rings is 1. The number of hydrogen-bond donors (Lipinski definition) is 0. The normalized spacial score (nSPS) is 10.5. The molecule has 0 aromatic heterocycles. The van der Waals surface area contributed by atoms with Crippen LogP contribution >= 0.6 is 23.5 Å². The molecule has 0 saturated heterocycles. The van der Waals surface area contributed by atoms with Crippen LogP contribution in [0.15, 0.2) is 24.3 Å². The van der Waals surface area contributed by atoms with Crippen LogP contribution in [0.25, 0.3) is 0 Å². The highest BCUT2D eigenvalue weighted by molar-refractivity contribution is 7.99. The zero-order valence-electron chi connectivity index (χ0n) is 12.2. The third-order valence-electron chi connectivity index (χ3n) is 2.47. The first-order chi connectivity index (χ1) is 10.3. The van der Waals surface area contributed by atoms with Crippen LogP contribution in [0.2, 0.25) is 0 Å². The molecule has 2 radical (unpaired) electrons. The van der Waals surface area contributed by atoms with Crippen molar-refractivity contribution in [3.63, 3.8) is 0 Å². The summed E-state index contributed by atoms with van der Waals surface area (Å²) in [6.45, 7) is 5.44. The van der Waals surface area contributed by atoms with E-state index < -0.39 is 0 Å². The zero-order chi connectivity index (χ0) is 15.2. The molecule has 0 aliphatic heterocycles. The standard InChI is InChI=1S/C16H22O3S2/c1-2-16(17)19-10-13-20-11-8-18-9-12-21-14-15-6-4-3-5-7-15/h3-6H,1-2,8-14H2. The zero-order valence-corrected chi connectivity index (χ0v) is 13.8. The molecule has 1 rings (SSSR count). The highest BCUT2D eigenvalue weighted by atomic mass is 32.2. The lowest BCUT2D eigenvalue weighted by molar-refractivity contribution is -0.141. The van der Waals surface area contributed by atoms with Crippen LogP contribution in [-0.4, -0.2) is 43.0 Å². The number of ether oxygens (including phenoxy) is 2. The Kier molecular flexibility index (Phi) is 11.4. The molecule has 116 valence electrons. The predicted octanol–water partition coefficient (Wildman–Crippen LogP) is 3.24. The average Bonchev–Trinajstić information content (AvgIpc) is 2.53. The lowest BCUT2D eigenvalue weighted by Gasteiger charge is -2.05. The largest absolute Gasteiger partial charge is 0.465 e. The Labute approximate surface area is 136 Å². The Bertz CT molecular complexity index is 371. The van der Waals surface area contributed by atoms with Gasteiger partial charge in [0.15, 0.2) is 0 Å². The van der Waals surface area contributed by atoms with E-state index in [1.807, 2.05) is 30.0 Å². The van der Waals surface area contributed by atoms with Crippen molar-refractivity contribution in [2.75, 3.05) is 37.1 Å².